The van der Waals surface area contributed by atoms with Crippen molar-refractivity contribution in [3.8, 4) is 17.6 Å². The molecule has 0 saturated carbocycles. The smallest absolute Gasteiger partial charge is 0.273 e. The summed E-state index contributed by atoms with van der Waals surface area (Å²) >= 11 is 3.47. The van der Waals surface area contributed by atoms with Crippen LogP contribution in [0.4, 0.5) is 5.69 Å². The van der Waals surface area contributed by atoms with E-state index in [1.807, 2.05) is 54.6 Å². The van der Waals surface area contributed by atoms with Gasteiger partial charge in [0.15, 0.2) is 0 Å². The molecule has 0 fully saturated rings. The third-order valence-corrected chi connectivity index (χ3v) is 6.13. The lowest BCUT2D eigenvalue weighted by Crippen LogP contribution is -2.41. The SMILES string of the molecule is N#Cc1ccc(OCc2ccccc2)c(C2Oc3ccccc3N(CCCCCBr)C2=O)c1. The Morgan fingerprint density at radius 1 is 1.00 bits per heavy atom. The highest BCUT2D eigenvalue weighted by molar-refractivity contribution is 9.09. The van der Waals surface area contributed by atoms with Gasteiger partial charge in [-0.05, 0) is 48.7 Å². The number of ether oxygens (including phenoxy) is 2. The number of benzene rings is 3. The second-order valence-electron chi connectivity index (χ2n) is 7.84. The minimum atomic E-state index is -0.879. The first-order valence-corrected chi connectivity index (χ1v) is 12.2. The minimum absolute atomic E-state index is 0.146. The minimum Gasteiger partial charge on any atom is -0.488 e. The van der Waals surface area contributed by atoms with Crippen LogP contribution in [0.2, 0.25) is 0 Å². The molecule has 0 aromatic heterocycles. The van der Waals surface area contributed by atoms with E-state index >= 15 is 0 Å². The zero-order chi connectivity index (χ0) is 23.0. The number of carbonyl (C=O) groups excluding carboxylic acids is 1. The van der Waals surface area contributed by atoms with Crippen molar-refractivity contribution >= 4 is 27.5 Å². The summed E-state index contributed by atoms with van der Waals surface area (Å²) < 4.78 is 12.3. The van der Waals surface area contributed by atoms with Gasteiger partial charge in [0.05, 0.1) is 17.3 Å². The number of para-hydroxylation sites is 2. The van der Waals surface area contributed by atoms with Gasteiger partial charge in [0, 0.05) is 17.4 Å². The van der Waals surface area contributed by atoms with E-state index in [1.54, 1.807) is 23.1 Å². The Bertz CT molecular complexity index is 1140. The molecule has 3 aromatic rings. The number of carbonyl (C=O) groups is 1. The molecule has 4 rings (SSSR count). The van der Waals surface area contributed by atoms with Crippen molar-refractivity contribution in [1.29, 1.82) is 5.26 Å². The van der Waals surface area contributed by atoms with Crippen molar-refractivity contribution in [3.05, 3.63) is 89.5 Å². The van der Waals surface area contributed by atoms with Gasteiger partial charge >= 0.3 is 0 Å². The van der Waals surface area contributed by atoms with Gasteiger partial charge in [0.25, 0.3) is 5.91 Å². The number of halogens is 1. The Kier molecular flexibility index (Phi) is 7.64. The molecule has 1 amide bonds. The summed E-state index contributed by atoms with van der Waals surface area (Å²) in [4.78, 5) is 15.4. The van der Waals surface area contributed by atoms with Crippen LogP contribution in [0.25, 0.3) is 0 Å². The van der Waals surface area contributed by atoms with Gasteiger partial charge in [0.1, 0.15) is 18.1 Å². The molecule has 1 heterocycles. The normalized spacial score (nSPS) is 14.8. The number of hydrogen-bond acceptors (Lipinski definition) is 4. The zero-order valence-corrected chi connectivity index (χ0v) is 19.8. The molecular weight excluding hydrogens is 480 g/mol. The van der Waals surface area contributed by atoms with Crippen LogP contribution in [-0.2, 0) is 11.4 Å². The molecule has 0 radical (unpaired) electrons. The summed E-state index contributed by atoms with van der Waals surface area (Å²) in [5.41, 5.74) is 2.81. The molecular formula is C27H25BrN2O3. The first kappa shape index (κ1) is 22.9. The number of nitriles is 1. The van der Waals surface area contributed by atoms with E-state index < -0.39 is 6.10 Å². The van der Waals surface area contributed by atoms with Gasteiger partial charge in [0.2, 0.25) is 6.10 Å². The molecule has 0 N–H and O–H groups in total. The van der Waals surface area contributed by atoms with Gasteiger partial charge in [-0.15, -0.1) is 0 Å². The Morgan fingerprint density at radius 2 is 1.79 bits per heavy atom. The number of rotatable bonds is 9. The molecule has 168 valence electrons. The van der Waals surface area contributed by atoms with E-state index in [2.05, 4.69) is 22.0 Å². The maximum absolute atomic E-state index is 13.6. The predicted octanol–water partition coefficient (Wildman–Crippen LogP) is 6.17. The molecule has 33 heavy (non-hydrogen) atoms. The Labute approximate surface area is 202 Å². The fourth-order valence-corrected chi connectivity index (χ4v) is 4.27. The first-order valence-electron chi connectivity index (χ1n) is 11.0. The average Bonchev–Trinajstić information content (AvgIpc) is 2.86. The Hall–Kier alpha value is -3.30. The molecule has 1 aliphatic heterocycles. The lowest BCUT2D eigenvalue weighted by Gasteiger charge is -2.35. The molecule has 5 nitrogen and oxygen atoms in total. The number of amides is 1. The lowest BCUT2D eigenvalue weighted by atomic mass is 10.0. The Morgan fingerprint density at radius 3 is 2.58 bits per heavy atom. The molecule has 6 heteroatoms. The third kappa shape index (κ3) is 5.37. The van der Waals surface area contributed by atoms with E-state index in [4.69, 9.17) is 9.47 Å². The zero-order valence-electron chi connectivity index (χ0n) is 18.2. The summed E-state index contributed by atoms with van der Waals surface area (Å²) in [6, 6.07) is 24.7. The van der Waals surface area contributed by atoms with Crippen LogP contribution in [0, 0.1) is 11.3 Å². The highest BCUT2D eigenvalue weighted by atomic mass is 79.9. The topological polar surface area (TPSA) is 62.6 Å². The third-order valence-electron chi connectivity index (χ3n) is 5.57. The average molecular weight is 505 g/mol. The van der Waals surface area contributed by atoms with E-state index in [0.717, 1.165) is 35.8 Å². The van der Waals surface area contributed by atoms with Crippen molar-refractivity contribution in [2.45, 2.75) is 32.0 Å². The van der Waals surface area contributed by atoms with Crippen molar-refractivity contribution in [2.24, 2.45) is 0 Å². The monoisotopic (exact) mass is 504 g/mol. The van der Waals surface area contributed by atoms with Crippen LogP contribution in [0.1, 0.15) is 42.1 Å². The summed E-state index contributed by atoms with van der Waals surface area (Å²) in [6.07, 6.45) is 2.10. The van der Waals surface area contributed by atoms with E-state index in [9.17, 15) is 10.1 Å². The van der Waals surface area contributed by atoms with Crippen LogP contribution in [0.3, 0.4) is 0 Å². The van der Waals surface area contributed by atoms with Gasteiger partial charge < -0.3 is 14.4 Å². The molecule has 0 aliphatic carbocycles. The number of fused-ring (bicyclic) bond motifs is 1. The lowest BCUT2D eigenvalue weighted by molar-refractivity contribution is -0.126. The molecule has 1 atom stereocenters. The summed E-state index contributed by atoms with van der Waals surface area (Å²) in [5, 5.41) is 10.4. The van der Waals surface area contributed by atoms with Gasteiger partial charge in [-0.2, -0.15) is 5.26 Å². The first-order chi connectivity index (χ1) is 16.2. The van der Waals surface area contributed by atoms with Gasteiger partial charge in [-0.25, -0.2) is 0 Å². The maximum atomic E-state index is 13.6. The molecule has 0 spiro atoms. The summed E-state index contributed by atoms with van der Waals surface area (Å²) in [6.45, 7) is 0.967. The fraction of sp³-hybridized carbons (Fsp3) is 0.259. The number of unbranched alkanes of at least 4 members (excludes halogenated alkanes) is 2. The van der Waals surface area contributed by atoms with E-state index in [0.29, 0.717) is 35.8 Å². The molecule has 3 aromatic carbocycles. The van der Waals surface area contributed by atoms with Crippen LogP contribution < -0.4 is 14.4 Å². The van der Waals surface area contributed by atoms with E-state index in [1.165, 1.54) is 0 Å². The number of nitrogens with zero attached hydrogens (tertiary/aromatic N) is 2. The van der Waals surface area contributed by atoms with Crippen LogP contribution in [0.5, 0.6) is 11.5 Å². The van der Waals surface area contributed by atoms with Crippen LogP contribution in [0.15, 0.2) is 72.8 Å². The van der Waals surface area contributed by atoms with Gasteiger partial charge in [-0.3, -0.25) is 4.79 Å². The highest BCUT2D eigenvalue weighted by Gasteiger charge is 2.37. The molecule has 0 bridgehead atoms. The maximum Gasteiger partial charge on any atom is 0.273 e. The predicted molar refractivity (Wildman–Crippen MR) is 132 cm³/mol. The van der Waals surface area contributed by atoms with Crippen LogP contribution >= 0.6 is 15.9 Å². The summed E-state index contributed by atoms with van der Waals surface area (Å²) in [5.74, 6) is 1.04. The van der Waals surface area contributed by atoms with Crippen molar-refractivity contribution in [2.75, 3.05) is 16.8 Å². The second-order valence-corrected chi connectivity index (χ2v) is 8.64. The molecule has 1 unspecified atom stereocenters. The van der Waals surface area contributed by atoms with E-state index in [-0.39, 0.29) is 5.91 Å². The quantitative estimate of drug-likeness (QED) is 0.258. The second kappa shape index (κ2) is 11.0. The van der Waals surface area contributed by atoms with Crippen LogP contribution in [-0.4, -0.2) is 17.8 Å². The standard InChI is InChI=1S/C27H25BrN2O3/c28-15-7-2-8-16-30-23-11-5-6-12-25(23)33-26(27(30)31)22-17-21(18-29)13-14-24(22)32-19-20-9-3-1-4-10-20/h1,3-6,9-14,17,26H,2,7-8,15-16,19H2. The molecule has 0 saturated heterocycles. The van der Waals surface area contributed by atoms with Crippen molar-refractivity contribution in [3.63, 3.8) is 0 Å². The highest BCUT2D eigenvalue weighted by Crippen LogP contribution is 2.41. The number of hydrogen-bond donors (Lipinski definition) is 0. The summed E-state index contributed by atoms with van der Waals surface area (Å²) in [7, 11) is 0. The fourth-order valence-electron chi connectivity index (χ4n) is 3.88. The Balaban J connectivity index is 1.65. The van der Waals surface area contributed by atoms with Gasteiger partial charge in [-0.1, -0.05) is 64.8 Å². The number of alkyl halides is 1. The van der Waals surface area contributed by atoms with Crippen molar-refractivity contribution in [1.82, 2.24) is 0 Å². The largest absolute Gasteiger partial charge is 0.488 e. The number of anilines is 1. The molecule has 1 aliphatic rings. The van der Waals surface area contributed by atoms with Crippen molar-refractivity contribution < 1.29 is 14.3 Å².